The van der Waals surface area contributed by atoms with Crippen LogP contribution in [0.25, 0.3) is 0 Å². The smallest absolute Gasteiger partial charge is 0.0428 e. The average Bonchev–Trinajstić information content (AvgIpc) is 2.28. The summed E-state index contributed by atoms with van der Waals surface area (Å²) < 4.78 is 1.13. The van der Waals surface area contributed by atoms with Crippen LogP contribution in [0, 0.1) is 5.92 Å². The first kappa shape index (κ1) is 13.9. The normalized spacial score (nSPS) is 26.2. The van der Waals surface area contributed by atoms with Gasteiger partial charge in [0.05, 0.1) is 0 Å². The minimum Gasteiger partial charge on any atom is -0.369 e. The molecule has 18 heavy (non-hydrogen) atoms. The molecule has 100 valence electrons. The molecule has 0 saturated carbocycles. The van der Waals surface area contributed by atoms with Crippen molar-refractivity contribution in [2.45, 2.75) is 45.7 Å². The van der Waals surface area contributed by atoms with Crippen LogP contribution in [0.15, 0.2) is 22.7 Å². The second-order valence-electron chi connectivity index (χ2n) is 5.66. The highest BCUT2D eigenvalue weighted by Crippen LogP contribution is 2.34. The number of rotatable bonds is 2. The van der Waals surface area contributed by atoms with Gasteiger partial charge < -0.3 is 10.6 Å². The Hall–Kier alpha value is -0.540. The molecule has 3 atom stereocenters. The van der Waals surface area contributed by atoms with Crippen molar-refractivity contribution < 1.29 is 0 Å². The summed E-state index contributed by atoms with van der Waals surface area (Å²) in [5.41, 5.74) is 8.66. The van der Waals surface area contributed by atoms with Crippen molar-refractivity contribution in [1.82, 2.24) is 0 Å². The summed E-state index contributed by atoms with van der Waals surface area (Å²) in [5.74, 6) is 0.835. The summed E-state index contributed by atoms with van der Waals surface area (Å²) in [6.07, 6.45) is 2.54. The van der Waals surface area contributed by atoms with Gasteiger partial charge in [0, 0.05) is 28.8 Å². The third-order valence-corrected chi connectivity index (χ3v) is 4.42. The predicted molar refractivity (Wildman–Crippen MR) is 82.0 cm³/mol. The molecule has 0 amide bonds. The van der Waals surface area contributed by atoms with Crippen molar-refractivity contribution in [3.8, 4) is 0 Å². The van der Waals surface area contributed by atoms with Gasteiger partial charge in [0.15, 0.2) is 0 Å². The number of hydrogen-bond donors (Lipinski definition) is 1. The van der Waals surface area contributed by atoms with Gasteiger partial charge in [-0.05, 0) is 50.3 Å². The van der Waals surface area contributed by atoms with Gasteiger partial charge in [-0.25, -0.2) is 0 Å². The molecule has 3 heteroatoms. The maximum atomic E-state index is 6.10. The standard InChI is InChI=1S/C15H23BrN2/c1-10-6-7-18(11(2)8-10)15-9-13(16)4-5-14(15)12(3)17/h4-5,9-12H,6-8,17H2,1-3H3. The lowest BCUT2D eigenvalue weighted by Gasteiger charge is -2.39. The van der Waals surface area contributed by atoms with Crippen LogP contribution in [-0.4, -0.2) is 12.6 Å². The summed E-state index contributed by atoms with van der Waals surface area (Å²) in [6.45, 7) is 7.87. The topological polar surface area (TPSA) is 29.3 Å². The second-order valence-corrected chi connectivity index (χ2v) is 6.58. The molecule has 0 spiro atoms. The number of piperidine rings is 1. The fourth-order valence-corrected chi connectivity index (χ4v) is 3.26. The first-order valence-electron chi connectivity index (χ1n) is 6.80. The lowest BCUT2D eigenvalue weighted by molar-refractivity contribution is 0.377. The van der Waals surface area contributed by atoms with E-state index in [1.54, 1.807) is 0 Å². The van der Waals surface area contributed by atoms with E-state index >= 15 is 0 Å². The third kappa shape index (κ3) is 2.89. The summed E-state index contributed by atoms with van der Waals surface area (Å²) in [5, 5.41) is 0. The molecule has 0 radical (unpaired) electrons. The van der Waals surface area contributed by atoms with Gasteiger partial charge >= 0.3 is 0 Å². The van der Waals surface area contributed by atoms with Crippen LogP contribution in [-0.2, 0) is 0 Å². The molecular weight excluding hydrogens is 288 g/mol. The maximum absolute atomic E-state index is 6.10. The Kier molecular flexibility index (Phi) is 4.33. The first-order chi connectivity index (χ1) is 8.49. The van der Waals surface area contributed by atoms with Gasteiger partial charge in [-0.15, -0.1) is 0 Å². The zero-order chi connectivity index (χ0) is 13.3. The van der Waals surface area contributed by atoms with E-state index in [1.807, 2.05) is 0 Å². The summed E-state index contributed by atoms with van der Waals surface area (Å²) in [4.78, 5) is 2.52. The Morgan fingerprint density at radius 3 is 2.72 bits per heavy atom. The second kappa shape index (κ2) is 5.62. The molecule has 1 saturated heterocycles. The number of halogens is 1. The zero-order valence-corrected chi connectivity index (χ0v) is 13.1. The van der Waals surface area contributed by atoms with E-state index in [2.05, 4.69) is 59.8 Å². The highest BCUT2D eigenvalue weighted by Gasteiger charge is 2.25. The molecular formula is C15H23BrN2. The van der Waals surface area contributed by atoms with Crippen molar-refractivity contribution in [3.05, 3.63) is 28.2 Å². The van der Waals surface area contributed by atoms with E-state index < -0.39 is 0 Å². The molecule has 1 aliphatic heterocycles. The van der Waals surface area contributed by atoms with Crippen LogP contribution in [0.1, 0.15) is 45.2 Å². The SMILES string of the molecule is CC1CCN(c2cc(Br)ccc2C(C)N)C(C)C1. The quantitative estimate of drug-likeness (QED) is 0.891. The van der Waals surface area contributed by atoms with Gasteiger partial charge in [-0.1, -0.05) is 28.9 Å². The highest BCUT2D eigenvalue weighted by molar-refractivity contribution is 9.10. The van der Waals surface area contributed by atoms with Gasteiger partial charge in [-0.3, -0.25) is 0 Å². The molecule has 1 aliphatic rings. The van der Waals surface area contributed by atoms with E-state index in [0.717, 1.165) is 16.9 Å². The van der Waals surface area contributed by atoms with Crippen molar-refractivity contribution in [3.63, 3.8) is 0 Å². The predicted octanol–water partition coefficient (Wildman–Crippen LogP) is 4.09. The van der Waals surface area contributed by atoms with Gasteiger partial charge in [0.25, 0.3) is 0 Å². The largest absolute Gasteiger partial charge is 0.369 e. The lowest BCUT2D eigenvalue weighted by atomic mass is 9.92. The highest BCUT2D eigenvalue weighted by atomic mass is 79.9. The van der Waals surface area contributed by atoms with Crippen molar-refractivity contribution in [1.29, 1.82) is 0 Å². The van der Waals surface area contributed by atoms with E-state index in [9.17, 15) is 0 Å². The van der Waals surface area contributed by atoms with Crippen LogP contribution >= 0.6 is 15.9 Å². The molecule has 0 aliphatic carbocycles. The van der Waals surface area contributed by atoms with E-state index in [0.29, 0.717) is 6.04 Å². The fourth-order valence-electron chi connectivity index (χ4n) is 2.92. The molecule has 2 nitrogen and oxygen atoms in total. The van der Waals surface area contributed by atoms with Gasteiger partial charge in [0.1, 0.15) is 0 Å². The Morgan fingerprint density at radius 2 is 2.11 bits per heavy atom. The Labute approximate surface area is 119 Å². The number of nitrogens with two attached hydrogens (primary N) is 1. The summed E-state index contributed by atoms with van der Waals surface area (Å²) >= 11 is 3.58. The number of benzene rings is 1. The van der Waals surface area contributed by atoms with Crippen molar-refractivity contribution in [2.24, 2.45) is 11.7 Å². The van der Waals surface area contributed by atoms with Crippen molar-refractivity contribution in [2.75, 3.05) is 11.4 Å². The Bertz CT molecular complexity index is 417. The fraction of sp³-hybridized carbons (Fsp3) is 0.600. The molecule has 1 aromatic rings. The monoisotopic (exact) mass is 310 g/mol. The molecule has 0 bridgehead atoms. The maximum Gasteiger partial charge on any atom is 0.0428 e. The average molecular weight is 311 g/mol. The van der Waals surface area contributed by atoms with Crippen LogP contribution in [0.3, 0.4) is 0 Å². The van der Waals surface area contributed by atoms with Crippen molar-refractivity contribution >= 4 is 21.6 Å². The minimum atomic E-state index is 0.0830. The van der Waals surface area contributed by atoms with E-state index in [1.165, 1.54) is 24.1 Å². The molecule has 1 aromatic carbocycles. The summed E-state index contributed by atoms with van der Waals surface area (Å²) in [6, 6.07) is 7.12. The third-order valence-electron chi connectivity index (χ3n) is 3.93. The molecule has 1 fully saturated rings. The molecule has 2 rings (SSSR count). The first-order valence-corrected chi connectivity index (χ1v) is 7.60. The molecule has 0 aromatic heterocycles. The number of anilines is 1. The van der Waals surface area contributed by atoms with E-state index in [4.69, 9.17) is 5.73 Å². The summed E-state index contributed by atoms with van der Waals surface area (Å²) in [7, 11) is 0. The molecule has 2 N–H and O–H groups in total. The van der Waals surface area contributed by atoms with E-state index in [-0.39, 0.29) is 6.04 Å². The Balaban J connectivity index is 2.34. The Morgan fingerprint density at radius 1 is 1.39 bits per heavy atom. The lowest BCUT2D eigenvalue weighted by Crippen LogP contribution is -2.41. The minimum absolute atomic E-state index is 0.0830. The van der Waals surface area contributed by atoms with Crippen LogP contribution in [0.4, 0.5) is 5.69 Å². The van der Waals surface area contributed by atoms with Gasteiger partial charge in [0.2, 0.25) is 0 Å². The molecule has 1 heterocycles. The van der Waals surface area contributed by atoms with Crippen LogP contribution < -0.4 is 10.6 Å². The number of hydrogen-bond acceptors (Lipinski definition) is 2. The van der Waals surface area contributed by atoms with Crippen LogP contribution in [0.5, 0.6) is 0 Å². The zero-order valence-electron chi connectivity index (χ0n) is 11.5. The van der Waals surface area contributed by atoms with Gasteiger partial charge in [-0.2, -0.15) is 0 Å². The van der Waals surface area contributed by atoms with Crippen LogP contribution in [0.2, 0.25) is 0 Å². The number of nitrogens with zero attached hydrogens (tertiary/aromatic N) is 1. The molecule has 3 unspecified atom stereocenters.